The van der Waals surface area contributed by atoms with Gasteiger partial charge in [-0.05, 0) is 27.7 Å². The zero-order chi connectivity index (χ0) is 18.7. The van der Waals surface area contributed by atoms with Crippen molar-refractivity contribution in [1.82, 2.24) is 14.5 Å². The van der Waals surface area contributed by atoms with Gasteiger partial charge in [0.05, 0.1) is 12.3 Å². The first-order chi connectivity index (χ1) is 10.8. The van der Waals surface area contributed by atoms with Gasteiger partial charge in [-0.15, -0.1) is 0 Å². The number of carbonyl (C=O) groups excluding carboxylic acids is 1. The number of hydrogen-bond donors (Lipinski definition) is 2. The molecule has 0 aromatic heterocycles. The summed E-state index contributed by atoms with van der Waals surface area (Å²) in [4.78, 5) is 25.1. The van der Waals surface area contributed by atoms with Crippen LogP contribution in [0.4, 0.5) is 4.79 Å². The maximum Gasteiger partial charge on any atom is 0.407 e. The molecule has 0 bridgehead atoms. The Morgan fingerprint density at radius 1 is 1.17 bits per heavy atom. The highest BCUT2D eigenvalue weighted by atomic mass is 32.2. The Balaban J connectivity index is 2.71. The molecule has 1 heterocycles. The van der Waals surface area contributed by atoms with Crippen molar-refractivity contribution in [2.45, 2.75) is 45.4 Å². The predicted molar refractivity (Wildman–Crippen MR) is 88.2 cm³/mol. The van der Waals surface area contributed by atoms with E-state index in [0.717, 1.165) is 6.26 Å². The van der Waals surface area contributed by atoms with Crippen molar-refractivity contribution in [2.75, 3.05) is 32.4 Å². The molecule has 0 aromatic rings. The molecule has 2 unspecified atom stereocenters. The van der Waals surface area contributed by atoms with Gasteiger partial charge in [-0.2, -0.15) is 4.31 Å². The molecule has 1 saturated heterocycles. The highest BCUT2D eigenvalue weighted by Gasteiger charge is 2.36. The van der Waals surface area contributed by atoms with Crippen molar-refractivity contribution in [1.29, 1.82) is 0 Å². The fourth-order valence-corrected chi connectivity index (χ4v) is 3.40. The molecule has 10 heteroatoms. The van der Waals surface area contributed by atoms with E-state index in [0.29, 0.717) is 0 Å². The first-order valence-corrected chi connectivity index (χ1v) is 9.57. The smallest absolute Gasteiger partial charge is 0.407 e. The van der Waals surface area contributed by atoms with Crippen molar-refractivity contribution in [2.24, 2.45) is 0 Å². The first-order valence-electron chi connectivity index (χ1n) is 7.73. The molecular formula is C14H27N3O6S. The summed E-state index contributed by atoms with van der Waals surface area (Å²) in [6, 6.07) is -1.65. The van der Waals surface area contributed by atoms with E-state index in [-0.39, 0.29) is 26.2 Å². The molecule has 9 nitrogen and oxygen atoms in total. The van der Waals surface area contributed by atoms with Gasteiger partial charge in [0.1, 0.15) is 11.6 Å². The standard InChI is InChI=1S/C14H27N3O6S/c1-10(15-13(20)23-14(2,3)4)11(12(18)19)16-6-8-17(9-7-16)24(5,21)22/h10-11H,6-9H2,1-5H3,(H,15,20)(H,18,19). The van der Waals surface area contributed by atoms with Crippen LogP contribution in [0.1, 0.15) is 27.7 Å². The number of sulfonamides is 1. The summed E-state index contributed by atoms with van der Waals surface area (Å²) in [5, 5.41) is 12.0. The predicted octanol–water partition coefficient (Wildman–Crippen LogP) is -0.0700. The molecule has 1 rings (SSSR count). The van der Waals surface area contributed by atoms with Gasteiger partial charge in [0.2, 0.25) is 10.0 Å². The Labute approximate surface area is 143 Å². The molecule has 140 valence electrons. The fourth-order valence-electron chi connectivity index (χ4n) is 2.57. The van der Waals surface area contributed by atoms with E-state index in [1.54, 1.807) is 32.6 Å². The number of hydrogen-bond acceptors (Lipinski definition) is 6. The maximum atomic E-state index is 11.8. The number of amides is 1. The van der Waals surface area contributed by atoms with Crippen molar-refractivity contribution < 1.29 is 27.9 Å². The number of carboxylic acid groups (broad SMARTS) is 1. The lowest BCUT2D eigenvalue weighted by molar-refractivity contribution is -0.144. The Kier molecular flexibility index (Phi) is 6.59. The normalized spacial score (nSPS) is 20.2. The van der Waals surface area contributed by atoms with Gasteiger partial charge < -0.3 is 15.2 Å². The third-order valence-corrected chi connectivity index (χ3v) is 4.91. The van der Waals surface area contributed by atoms with E-state index in [2.05, 4.69) is 5.32 Å². The number of nitrogens with zero attached hydrogens (tertiary/aromatic N) is 2. The zero-order valence-corrected chi connectivity index (χ0v) is 15.6. The lowest BCUT2D eigenvalue weighted by atomic mass is 10.1. The minimum atomic E-state index is -3.29. The van der Waals surface area contributed by atoms with E-state index in [4.69, 9.17) is 4.74 Å². The Bertz CT molecular complexity index is 564. The van der Waals surface area contributed by atoms with Crippen LogP contribution in [0.2, 0.25) is 0 Å². The number of rotatable bonds is 5. The van der Waals surface area contributed by atoms with Gasteiger partial charge in [0.15, 0.2) is 0 Å². The summed E-state index contributed by atoms with van der Waals surface area (Å²) in [5.41, 5.74) is -0.677. The third-order valence-electron chi connectivity index (χ3n) is 3.61. The van der Waals surface area contributed by atoms with Crippen LogP contribution in [-0.2, 0) is 19.6 Å². The number of carboxylic acids is 1. The van der Waals surface area contributed by atoms with E-state index >= 15 is 0 Å². The molecule has 2 N–H and O–H groups in total. The van der Waals surface area contributed by atoms with Gasteiger partial charge in [0, 0.05) is 26.2 Å². The number of carbonyl (C=O) groups is 2. The summed E-state index contributed by atoms with van der Waals surface area (Å²) in [6.45, 7) is 7.76. The van der Waals surface area contributed by atoms with Gasteiger partial charge in [-0.3, -0.25) is 9.69 Å². The summed E-state index contributed by atoms with van der Waals surface area (Å²) in [6.07, 6.45) is 0.445. The third kappa shape index (κ3) is 6.25. The number of piperazine rings is 1. The van der Waals surface area contributed by atoms with E-state index in [1.165, 1.54) is 4.31 Å². The molecule has 1 aliphatic heterocycles. The van der Waals surface area contributed by atoms with Crippen LogP contribution in [0.15, 0.2) is 0 Å². The second kappa shape index (κ2) is 7.66. The molecule has 1 amide bonds. The lowest BCUT2D eigenvalue weighted by Crippen LogP contribution is -2.60. The van der Waals surface area contributed by atoms with E-state index in [9.17, 15) is 23.1 Å². The van der Waals surface area contributed by atoms with E-state index < -0.39 is 39.8 Å². The van der Waals surface area contributed by atoms with E-state index in [1.807, 2.05) is 0 Å². The van der Waals surface area contributed by atoms with Crippen LogP contribution >= 0.6 is 0 Å². The number of ether oxygens (including phenoxy) is 1. The van der Waals surface area contributed by atoms with Crippen molar-refractivity contribution in [3.05, 3.63) is 0 Å². The van der Waals surface area contributed by atoms with Crippen molar-refractivity contribution in [3.8, 4) is 0 Å². The molecule has 1 fully saturated rings. The van der Waals surface area contributed by atoms with Gasteiger partial charge in [-0.25, -0.2) is 13.2 Å². The minimum Gasteiger partial charge on any atom is -0.480 e. The van der Waals surface area contributed by atoms with Gasteiger partial charge in [-0.1, -0.05) is 0 Å². The SMILES string of the molecule is CC(NC(=O)OC(C)(C)C)C(C(=O)O)N1CCN(S(C)(=O)=O)CC1. The van der Waals surface area contributed by atoms with Crippen molar-refractivity contribution >= 4 is 22.1 Å². The second-order valence-electron chi connectivity index (χ2n) is 6.92. The van der Waals surface area contributed by atoms with Gasteiger partial charge in [0.25, 0.3) is 0 Å². The Hall–Kier alpha value is -1.39. The topological polar surface area (TPSA) is 116 Å². The van der Waals surface area contributed by atoms with Crippen LogP contribution in [0, 0.1) is 0 Å². The summed E-state index contributed by atoms with van der Waals surface area (Å²) in [7, 11) is -3.29. The minimum absolute atomic E-state index is 0.224. The van der Waals surface area contributed by atoms with Crippen LogP contribution in [0.25, 0.3) is 0 Å². The molecule has 0 saturated carbocycles. The van der Waals surface area contributed by atoms with Gasteiger partial charge >= 0.3 is 12.1 Å². The summed E-state index contributed by atoms with van der Waals surface area (Å²) >= 11 is 0. The lowest BCUT2D eigenvalue weighted by Gasteiger charge is -2.38. The van der Waals surface area contributed by atoms with Crippen LogP contribution in [0.3, 0.4) is 0 Å². The van der Waals surface area contributed by atoms with Crippen LogP contribution < -0.4 is 5.32 Å². The molecule has 0 radical (unpaired) electrons. The first kappa shape index (κ1) is 20.7. The number of nitrogens with one attached hydrogen (secondary N) is 1. The second-order valence-corrected chi connectivity index (χ2v) is 8.90. The summed E-state index contributed by atoms with van der Waals surface area (Å²) < 4.78 is 29.5. The van der Waals surface area contributed by atoms with Crippen LogP contribution in [0.5, 0.6) is 0 Å². The van der Waals surface area contributed by atoms with Crippen molar-refractivity contribution in [3.63, 3.8) is 0 Å². The largest absolute Gasteiger partial charge is 0.480 e. The fraction of sp³-hybridized carbons (Fsp3) is 0.857. The number of aliphatic carboxylic acids is 1. The molecule has 0 aromatic carbocycles. The molecule has 2 atom stereocenters. The quantitative estimate of drug-likeness (QED) is 0.700. The number of alkyl carbamates (subject to hydrolysis) is 1. The maximum absolute atomic E-state index is 11.8. The molecule has 24 heavy (non-hydrogen) atoms. The molecule has 1 aliphatic rings. The monoisotopic (exact) mass is 365 g/mol. The van der Waals surface area contributed by atoms with Crippen LogP contribution in [-0.4, -0.2) is 84.9 Å². The Morgan fingerprint density at radius 2 is 1.67 bits per heavy atom. The zero-order valence-electron chi connectivity index (χ0n) is 14.8. The summed E-state index contributed by atoms with van der Waals surface area (Å²) in [5.74, 6) is -1.08. The molecule has 0 spiro atoms. The Morgan fingerprint density at radius 3 is 2.04 bits per heavy atom. The molecular weight excluding hydrogens is 338 g/mol. The highest BCUT2D eigenvalue weighted by Crippen LogP contribution is 2.13. The average molecular weight is 365 g/mol. The highest BCUT2D eigenvalue weighted by molar-refractivity contribution is 7.88. The molecule has 0 aliphatic carbocycles. The average Bonchev–Trinajstić information content (AvgIpc) is 2.35.